The Labute approximate surface area is 137 Å². The van der Waals surface area contributed by atoms with Crippen molar-refractivity contribution in [2.75, 3.05) is 25.7 Å². The van der Waals surface area contributed by atoms with E-state index in [0.717, 1.165) is 18.5 Å². The van der Waals surface area contributed by atoms with Gasteiger partial charge < -0.3 is 14.4 Å². The molecule has 4 nitrogen and oxygen atoms in total. The highest BCUT2D eigenvalue weighted by Gasteiger charge is 2.21. The van der Waals surface area contributed by atoms with Crippen LogP contribution in [0.15, 0.2) is 48.5 Å². The fourth-order valence-corrected chi connectivity index (χ4v) is 2.39. The molecular formula is C19H23NO3. The minimum Gasteiger partial charge on any atom is -0.497 e. The lowest BCUT2D eigenvalue weighted by Crippen LogP contribution is -2.32. The zero-order chi connectivity index (χ0) is 16.7. The summed E-state index contributed by atoms with van der Waals surface area (Å²) in [6, 6.07) is 15.0. The first-order valence-electron chi connectivity index (χ1n) is 7.80. The molecule has 23 heavy (non-hydrogen) atoms. The molecule has 0 heterocycles. The van der Waals surface area contributed by atoms with E-state index in [1.165, 1.54) is 0 Å². The molecule has 0 spiro atoms. The van der Waals surface area contributed by atoms with Crippen LogP contribution in [-0.2, 0) is 0 Å². The Morgan fingerprint density at radius 1 is 1.04 bits per heavy atom. The number of carbonyl (C=O) groups excluding carboxylic acids is 1. The van der Waals surface area contributed by atoms with Gasteiger partial charge in [-0.05, 0) is 30.7 Å². The smallest absolute Gasteiger partial charge is 0.262 e. The van der Waals surface area contributed by atoms with Gasteiger partial charge in [-0.25, -0.2) is 0 Å². The number of hydrogen-bond donors (Lipinski definition) is 0. The molecule has 0 unspecified atom stereocenters. The van der Waals surface area contributed by atoms with Gasteiger partial charge in [0, 0.05) is 18.3 Å². The van der Waals surface area contributed by atoms with E-state index in [0.29, 0.717) is 23.6 Å². The summed E-state index contributed by atoms with van der Waals surface area (Å²) in [7, 11) is 3.15. The Balaban J connectivity index is 2.37. The molecule has 0 atom stereocenters. The summed E-state index contributed by atoms with van der Waals surface area (Å²) in [5, 5.41) is 0. The molecule has 2 aromatic carbocycles. The van der Waals surface area contributed by atoms with Gasteiger partial charge in [0.25, 0.3) is 5.91 Å². The number of para-hydroxylation sites is 1. The van der Waals surface area contributed by atoms with E-state index in [2.05, 4.69) is 6.92 Å². The van der Waals surface area contributed by atoms with Gasteiger partial charge in [-0.2, -0.15) is 0 Å². The number of nitrogens with zero attached hydrogens (tertiary/aromatic N) is 1. The highest BCUT2D eigenvalue weighted by molar-refractivity contribution is 6.08. The van der Waals surface area contributed by atoms with Crippen LogP contribution in [0.1, 0.15) is 30.1 Å². The first-order valence-corrected chi connectivity index (χ1v) is 7.80. The number of rotatable bonds is 7. The van der Waals surface area contributed by atoms with Gasteiger partial charge in [-0.3, -0.25) is 4.79 Å². The lowest BCUT2D eigenvalue weighted by atomic mass is 10.1. The van der Waals surface area contributed by atoms with Crippen molar-refractivity contribution < 1.29 is 14.3 Å². The second-order valence-corrected chi connectivity index (χ2v) is 5.21. The van der Waals surface area contributed by atoms with Crippen LogP contribution in [0.3, 0.4) is 0 Å². The topological polar surface area (TPSA) is 38.8 Å². The van der Waals surface area contributed by atoms with E-state index in [1.807, 2.05) is 30.3 Å². The summed E-state index contributed by atoms with van der Waals surface area (Å²) in [5.41, 5.74) is 1.43. The molecule has 2 aromatic rings. The number of amides is 1. The molecule has 0 bridgehead atoms. The number of anilines is 1. The van der Waals surface area contributed by atoms with Gasteiger partial charge in [0.2, 0.25) is 0 Å². The first-order chi connectivity index (χ1) is 11.2. The van der Waals surface area contributed by atoms with E-state index < -0.39 is 0 Å². The largest absolute Gasteiger partial charge is 0.497 e. The SMILES string of the molecule is CCCCN(C(=O)c1ccc(OC)cc1OC)c1ccccc1. The van der Waals surface area contributed by atoms with Gasteiger partial charge in [0.05, 0.1) is 19.8 Å². The van der Waals surface area contributed by atoms with Crippen LogP contribution >= 0.6 is 0 Å². The Hall–Kier alpha value is -2.49. The van der Waals surface area contributed by atoms with E-state index >= 15 is 0 Å². The maximum Gasteiger partial charge on any atom is 0.262 e. The zero-order valence-electron chi connectivity index (χ0n) is 13.9. The average molecular weight is 313 g/mol. The fourth-order valence-electron chi connectivity index (χ4n) is 2.39. The number of hydrogen-bond acceptors (Lipinski definition) is 3. The molecule has 0 saturated carbocycles. The summed E-state index contributed by atoms with van der Waals surface area (Å²) < 4.78 is 10.6. The van der Waals surface area contributed by atoms with Crippen molar-refractivity contribution in [1.82, 2.24) is 0 Å². The molecular weight excluding hydrogens is 290 g/mol. The van der Waals surface area contributed by atoms with E-state index in [-0.39, 0.29) is 5.91 Å². The number of methoxy groups -OCH3 is 2. The van der Waals surface area contributed by atoms with E-state index in [4.69, 9.17) is 9.47 Å². The summed E-state index contributed by atoms with van der Waals surface area (Å²) in [6.45, 7) is 2.79. The molecule has 0 aliphatic heterocycles. The maximum atomic E-state index is 13.0. The maximum absolute atomic E-state index is 13.0. The lowest BCUT2D eigenvalue weighted by molar-refractivity contribution is 0.0983. The Kier molecular flexibility index (Phi) is 6.03. The Bertz CT molecular complexity index is 640. The lowest BCUT2D eigenvalue weighted by Gasteiger charge is -2.24. The minimum atomic E-state index is -0.0656. The van der Waals surface area contributed by atoms with Crippen molar-refractivity contribution in [1.29, 1.82) is 0 Å². The Morgan fingerprint density at radius 2 is 1.78 bits per heavy atom. The average Bonchev–Trinajstić information content (AvgIpc) is 2.62. The first kappa shape index (κ1) is 16.9. The van der Waals surface area contributed by atoms with Crippen molar-refractivity contribution in [2.45, 2.75) is 19.8 Å². The van der Waals surface area contributed by atoms with Crippen LogP contribution in [-0.4, -0.2) is 26.7 Å². The summed E-state index contributed by atoms with van der Waals surface area (Å²) >= 11 is 0. The second-order valence-electron chi connectivity index (χ2n) is 5.21. The monoisotopic (exact) mass is 313 g/mol. The predicted octanol–water partition coefficient (Wildman–Crippen LogP) is 4.15. The highest BCUT2D eigenvalue weighted by atomic mass is 16.5. The second kappa shape index (κ2) is 8.22. The van der Waals surface area contributed by atoms with Crippen LogP contribution in [0, 0.1) is 0 Å². The number of ether oxygens (including phenoxy) is 2. The van der Waals surface area contributed by atoms with E-state index in [1.54, 1.807) is 37.3 Å². The number of carbonyl (C=O) groups is 1. The fraction of sp³-hybridized carbons (Fsp3) is 0.316. The Morgan fingerprint density at radius 3 is 2.39 bits per heavy atom. The molecule has 0 saturated heterocycles. The van der Waals surface area contributed by atoms with Gasteiger partial charge in [0.1, 0.15) is 11.5 Å². The van der Waals surface area contributed by atoms with Gasteiger partial charge in [0.15, 0.2) is 0 Å². The third-order valence-corrected chi connectivity index (χ3v) is 3.69. The molecule has 4 heteroatoms. The van der Waals surface area contributed by atoms with Crippen molar-refractivity contribution in [3.05, 3.63) is 54.1 Å². The van der Waals surface area contributed by atoms with Gasteiger partial charge >= 0.3 is 0 Å². The van der Waals surface area contributed by atoms with Gasteiger partial charge in [-0.15, -0.1) is 0 Å². The van der Waals surface area contributed by atoms with Crippen LogP contribution in [0.5, 0.6) is 11.5 Å². The molecule has 0 radical (unpaired) electrons. The molecule has 0 fully saturated rings. The number of benzene rings is 2. The van der Waals surface area contributed by atoms with Crippen molar-refractivity contribution in [3.63, 3.8) is 0 Å². The summed E-state index contributed by atoms with van der Waals surface area (Å²) in [5.74, 6) is 1.12. The van der Waals surface area contributed by atoms with Crippen molar-refractivity contribution in [3.8, 4) is 11.5 Å². The minimum absolute atomic E-state index is 0.0656. The molecule has 1 amide bonds. The third kappa shape index (κ3) is 4.03. The molecule has 0 aromatic heterocycles. The third-order valence-electron chi connectivity index (χ3n) is 3.69. The summed E-state index contributed by atoms with van der Waals surface area (Å²) in [6.07, 6.45) is 1.97. The molecule has 0 aliphatic carbocycles. The standard InChI is InChI=1S/C19H23NO3/c1-4-5-13-20(15-9-7-6-8-10-15)19(21)17-12-11-16(22-2)14-18(17)23-3/h6-12,14H,4-5,13H2,1-3H3. The van der Waals surface area contributed by atoms with Crippen molar-refractivity contribution in [2.24, 2.45) is 0 Å². The van der Waals surface area contributed by atoms with E-state index in [9.17, 15) is 4.79 Å². The normalized spacial score (nSPS) is 10.2. The molecule has 2 rings (SSSR count). The summed E-state index contributed by atoms with van der Waals surface area (Å²) in [4.78, 5) is 14.8. The zero-order valence-corrected chi connectivity index (χ0v) is 13.9. The van der Waals surface area contributed by atoms with Crippen LogP contribution in [0.4, 0.5) is 5.69 Å². The number of unbranched alkanes of at least 4 members (excludes halogenated alkanes) is 1. The molecule has 0 aliphatic rings. The predicted molar refractivity (Wildman–Crippen MR) is 92.6 cm³/mol. The van der Waals surface area contributed by atoms with Crippen LogP contribution in [0.2, 0.25) is 0 Å². The highest BCUT2D eigenvalue weighted by Crippen LogP contribution is 2.27. The van der Waals surface area contributed by atoms with Gasteiger partial charge in [-0.1, -0.05) is 31.5 Å². The van der Waals surface area contributed by atoms with Crippen molar-refractivity contribution >= 4 is 11.6 Å². The molecule has 122 valence electrons. The van der Waals surface area contributed by atoms with Crippen LogP contribution in [0.25, 0.3) is 0 Å². The quantitative estimate of drug-likeness (QED) is 0.771. The molecule has 0 N–H and O–H groups in total. The van der Waals surface area contributed by atoms with Crippen LogP contribution < -0.4 is 14.4 Å².